The molecule has 2 rings (SSSR count). The zero-order chi connectivity index (χ0) is 10.9. The van der Waals surface area contributed by atoms with Crippen LogP contribution in [-0.2, 0) is 5.41 Å². The highest BCUT2D eigenvalue weighted by molar-refractivity contribution is 5.17. The summed E-state index contributed by atoms with van der Waals surface area (Å²) >= 11 is 0. The monoisotopic (exact) mass is 205 g/mol. The van der Waals surface area contributed by atoms with Crippen molar-refractivity contribution in [1.29, 1.82) is 0 Å². The maximum absolute atomic E-state index is 5.82. The van der Waals surface area contributed by atoms with Gasteiger partial charge >= 0.3 is 0 Å². The molecule has 1 aromatic rings. The molecular formula is C12H19N3. The van der Waals surface area contributed by atoms with Crippen molar-refractivity contribution in [1.82, 2.24) is 9.97 Å². The third kappa shape index (κ3) is 1.76. The van der Waals surface area contributed by atoms with Gasteiger partial charge in [0.1, 0.15) is 5.82 Å². The van der Waals surface area contributed by atoms with Gasteiger partial charge in [-0.25, -0.2) is 9.97 Å². The molecule has 0 radical (unpaired) electrons. The normalized spacial score (nSPS) is 18.9. The molecule has 2 N–H and O–H groups in total. The molecule has 0 bridgehead atoms. The third-order valence-corrected chi connectivity index (χ3v) is 3.51. The second-order valence-electron chi connectivity index (χ2n) is 4.83. The Balaban J connectivity index is 2.23. The SMILES string of the molecule is CC(C)c1cnc(C2(CN)CCC2)nc1. The largest absolute Gasteiger partial charge is 0.329 e. The number of rotatable bonds is 3. The van der Waals surface area contributed by atoms with E-state index in [1.165, 1.54) is 12.0 Å². The van der Waals surface area contributed by atoms with E-state index in [2.05, 4.69) is 23.8 Å². The van der Waals surface area contributed by atoms with Gasteiger partial charge in [0, 0.05) is 24.4 Å². The van der Waals surface area contributed by atoms with Crippen LogP contribution in [0.1, 0.15) is 50.4 Å². The van der Waals surface area contributed by atoms with Crippen molar-refractivity contribution in [2.45, 2.75) is 44.4 Å². The second-order valence-corrected chi connectivity index (χ2v) is 4.83. The number of hydrogen-bond donors (Lipinski definition) is 1. The molecule has 0 spiro atoms. The lowest BCUT2D eigenvalue weighted by Crippen LogP contribution is -2.43. The number of nitrogens with zero attached hydrogens (tertiary/aromatic N) is 2. The standard InChI is InChI=1S/C12H19N3/c1-9(2)10-6-14-11(15-7-10)12(8-13)4-3-5-12/h6-7,9H,3-5,8,13H2,1-2H3. The highest BCUT2D eigenvalue weighted by atomic mass is 14.9. The van der Waals surface area contributed by atoms with E-state index in [0.717, 1.165) is 18.7 Å². The van der Waals surface area contributed by atoms with Gasteiger partial charge in [0.05, 0.1) is 0 Å². The molecule has 1 fully saturated rings. The summed E-state index contributed by atoms with van der Waals surface area (Å²) in [6.45, 7) is 4.98. The fourth-order valence-corrected chi connectivity index (χ4v) is 2.03. The van der Waals surface area contributed by atoms with Crippen molar-refractivity contribution in [2.75, 3.05) is 6.54 Å². The summed E-state index contributed by atoms with van der Waals surface area (Å²) in [5.41, 5.74) is 7.11. The van der Waals surface area contributed by atoms with Crippen molar-refractivity contribution in [3.8, 4) is 0 Å². The number of hydrogen-bond acceptors (Lipinski definition) is 3. The zero-order valence-corrected chi connectivity index (χ0v) is 9.53. The lowest BCUT2D eigenvalue weighted by Gasteiger charge is -2.39. The first-order valence-electron chi connectivity index (χ1n) is 5.70. The lowest BCUT2D eigenvalue weighted by atomic mass is 9.68. The molecule has 3 nitrogen and oxygen atoms in total. The van der Waals surface area contributed by atoms with E-state index < -0.39 is 0 Å². The van der Waals surface area contributed by atoms with Crippen LogP contribution in [0.4, 0.5) is 0 Å². The molecule has 0 aliphatic heterocycles. The molecule has 1 aromatic heterocycles. The van der Waals surface area contributed by atoms with Gasteiger partial charge in [0.25, 0.3) is 0 Å². The van der Waals surface area contributed by atoms with E-state index >= 15 is 0 Å². The van der Waals surface area contributed by atoms with Crippen molar-refractivity contribution >= 4 is 0 Å². The topological polar surface area (TPSA) is 51.8 Å². The molecule has 1 aliphatic rings. The summed E-state index contributed by atoms with van der Waals surface area (Å²) in [7, 11) is 0. The van der Waals surface area contributed by atoms with Crippen LogP contribution in [0.5, 0.6) is 0 Å². The van der Waals surface area contributed by atoms with Crippen LogP contribution < -0.4 is 5.73 Å². The maximum atomic E-state index is 5.82. The van der Waals surface area contributed by atoms with Gasteiger partial charge in [-0.1, -0.05) is 20.3 Å². The van der Waals surface area contributed by atoms with Gasteiger partial charge in [-0.05, 0) is 24.3 Å². The van der Waals surface area contributed by atoms with E-state index in [0.29, 0.717) is 12.5 Å². The van der Waals surface area contributed by atoms with Gasteiger partial charge in [-0.3, -0.25) is 0 Å². The Hall–Kier alpha value is -0.960. The number of nitrogens with two attached hydrogens (primary N) is 1. The molecule has 82 valence electrons. The van der Waals surface area contributed by atoms with Crippen LogP contribution in [0.15, 0.2) is 12.4 Å². The Morgan fingerprint density at radius 3 is 2.27 bits per heavy atom. The van der Waals surface area contributed by atoms with E-state index in [1.807, 2.05) is 12.4 Å². The molecule has 0 atom stereocenters. The highest BCUT2D eigenvalue weighted by Crippen LogP contribution is 2.40. The molecule has 15 heavy (non-hydrogen) atoms. The molecule has 1 saturated carbocycles. The summed E-state index contributed by atoms with van der Waals surface area (Å²) in [5.74, 6) is 1.44. The minimum Gasteiger partial charge on any atom is -0.329 e. The average Bonchev–Trinajstić information content (AvgIpc) is 2.18. The molecule has 1 heterocycles. The predicted molar refractivity (Wildman–Crippen MR) is 60.7 cm³/mol. The van der Waals surface area contributed by atoms with Crippen LogP contribution in [0, 0.1) is 0 Å². The average molecular weight is 205 g/mol. The fraction of sp³-hybridized carbons (Fsp3) is 0.667. The first kappa shape index (κ1) is 10.6. The smallest absolute Gasteiger partial charge is 0.135 e. The van der Waals surface area contributed by atoms with Gasteiger partial charge in [0.15, 0.2) is 0 Å². The van der Waals surface area contributed by atoms with Crippen molar-refractivity contribution in [3.63, 3.8) is 0 Å². The molecule has 0 amide bonds. The first-order valence-corrected chi connectivity index (χ1v) is 5.70. The molecule has 0 saturated heterocycles. The maximum Gasteiger partial charge on any atom is 0.135 e. The Bertz CT molecular complexity index is 320. The van der Waals surface area contributed by atoms with Gasteiger partial charge < -0.3 is 5.73 Å². The van der Waals surface area contributed by atoms with Crippen molar-refractivity contribution in [3.05, 3.63) is 23.8 Å². The highest BCUT2D eigenvalue weighted by Gasteiger charge is 2.39. The zero-order valence-electron chi connectivity index (χ0n) is 9.53. The molecular weight excluding hydrogens is 186 g/mol. The summed E-state index contributed by atoms with van der Waals surface area (Å²) in [6.07, 6.45) is 7.44. The minimum absolute atomic E-state index is 0.0928. The Kier molecular flexibility index (Phi) is 2.74. The van der Waals surface area contributed by atoms with Gasteiger partial charge in [-0.15, -0.1) is 0 Å². The third-order valence-electron chi connectivity index (χ3n) is 3.51. The second kappa shape index (κ2) is 3.89. The summed E-state index contributed by atoms with van der Waals surface area (Å²) in [6, 6.07) is 0. The fourth-order valence-electron chi connectivity index (χ4n) is 2.03. The van der Waals surface area contributed by atoms with E-state index in [1.54, 1.807) is 0 Å². The van der Waals surface area contributed by atoms with Crippen LogP contribution in [0.2, 0.25) is 0 Å². The Morgan fingerprint density at radius 2 is 1.93 bits per heavy atom. The lowest BCUT2D eigenvalue weighted by molar-refractivity contribution is 0.238. The minimum atomic E-state index is 0.0928. The van der Waals surface area contributed by atoms with Crippen molar-refractivity contribution < 1.29 is 0 Å². The van der Waals surface area contributed by atoms with Crippen LogP contribution >= 0.6 is 0 Å². The quantitative estimate of drug-likeness (QED) is 0.821. The van der Waals surface area contributed by atoms with E-state index in [-0.39, 0.29) is 5.41 Å². The first-order chi connectivity index (χ1) is 7.18. The molecule has 0 aromatic carbocycles. The summed E-state index contributed by atoms with van der Waals surface area (Å²) in [4.78, 5) is 8.95. The van der Waals surface area contributed by atoms with Crippen LogP contribution in [0.3, 0.4) is 0 Å². The van der Waals surface area contributed by atoms with Crippen LogP contribution in [-0.4, -0.2) is 16.5 Å². The van der Waals surface area contributed by atoms with Gasteiger partial charge in [-0.2, -0.15) is 0 Å². The van der Waals surface area contributed by atoms with E-state index in [4.69, 9.17) is 5.73 Å². The summed E-state index contributed by atoms with van der Waals surface area (Å²) in [5, 5.41) is 0. The van der Waals surface area contributed by atoms with Gasteiger partial charge in [0.2, 0.25) is 0 Å². The number of aromatic nitrogens is 2. The van der Waals surface area contributed by atoms with Crippen LogP contribution in [0.25, 0.3) is 0 Å². The summed E-state index contributed by atoms with van der Waals surface area (Å²) < 4.78 is 0. The Labute approximate surface area is 91.1 Å². The molecule has 1 aliphatic carbocycles. The predicted octanol–water partition coefficient (Wildman–Crippen LogP) is 1.98. The van der Waals surface area contributed by atoms with E-state index in [9.17, 15) is 0 Å². The molecule has 3 heteroatoms. The van der Waals surface area contributed by atoms with Crippen molar-refractivity contribution in [2.24, 2.45) is 5.73 Å². The molecule has 0 unspecified atom stereocenters. The Morgan fingerprint density at radius 1 is 1.33 bits per heavy atom.